The van der Waals surface area contributed by atoms with Gasteiger partial charge in [0.1, 0.15) is 0 Å². The van der Waals surface area contributed by atoms with Crippen molar-refractivity contribution in [2.75, 3.05) is 45.8 Å². The summed E-state index contributed by atoms with van der Waals surface area (Å²) in [6.07, 6.45) is 3.32. The molecule has 0 fully saturated rings. The molecule has 0 N–H and O–H groups in total. The molecule has 0 aliphatic carbocycles. The lowest BCUT2D eigenvalue weighted by molar-refractivity contribution is -0.384. The lowest BCUT2D eigenvalue weighted by Gasteiger charge is -2.36. The van der Waals surface area contributed by atoms with Gasteiger partial charge in [0.2, 0.25) is 0 Å². The van der Waals surface area contributed by atoms with E-state index in [2.05, 4.69) is 56.2 Å². The highest BCUT2D eigenvalue weighted by Gasteiger charge is 2.21. The first kappa shape index (κ1) is 26.5. The minimum Gasteiger partial charge on any atom is -0.302 e. The monoisotopic (exact) mass is 420 g/mol. The van der Waals surface area contributed by atoms with Crippen LogP contribution in [0.4, 0.5) is 5.69 Å². The van der Waals surface area contributed by atoms with Crippen molar-refractivity contribution in [3.8, 4) is 0 Å². The van der Waals surface area contributed by atoms with Gasteiger partial charge in [0.25, 0.3) is 5.69 Å². The van der Waals surface area contributed by atoms with E-state index in [1.165, 1.54) is 18.4 Å². The van der Waals surface area contributed by atoms with Gasteiger partial charge < -0.3 is 9.80 Å². The van der Waals surface area contributed by atoms with E-state index in [1.54, 1.807) is 12.1 Å². The lowest BCUT2D eigenvalue weighted by Crippen LogP contribution is -2.46. The molecule has 6 heteroatoms. The van der Waals surface area contributed by atoms with Crippen LogP contribution in [0.25, 0.3) is 0 Å². The van der Waals surface area contributed by atoms with Crippen LogP contribution in [0.2, 0.25) is 0 Å². The number of non-ortho nitro benzene ring substituents is 1. The maximum absolute atomic E-state index is 10.9. The molecule has 30 heavy (non-hydrogen) atoms. The average molecular weight is 421 g/mol. The van der Waals surface area contributed by atoms with Gasteiger partial charge in [-0.25, -0.2) is 0 Å². The summed E-state index contributed by atoms with van der Waals surface area (Å²) in [7, 11) is 0. The molecule has 0 radical (unpaired) electrons. The molecule has 1 aromatic rings. The zero-order chi connectivity index (χ0) is 22.5. The molecule has 1 aromatic carbocycles. The van der Waals surface area contributed by atoms with Crippen LogP contribution in [0.1, 0.15) is 59.9 Å². The number of rotatable bonds is 16. The minimum absolute atomic E-state index is 0.162. The third-order valence-electron chi connectivity index (χ3n) is 6.44. The predicted molar refractivity (Wildman–Crippen MR) is 127 cm³/mol. The smallest absolute Gasteiger partial charge is 0.269 e. The summed E-state index contributed by atoms with van der Waals surface area (Å²) < 4.78 is 0. The molecule has 6 nitrogen and oxygen atoms in total. The van der Waals surface area contributed by atoms with Gasteiger partial charge >= 0.3 is 0 Å². The molecule has 172 valence electrons. The molecular formula is C24H44N4O2. The number of nitro groups is 1. The predicted octanol–water partition coefficient (Wildman–Crippen LogP) is 4.68. The molecule has 2 atom stereocenters. The van der Waals surface area contributed by atoms with Gasteiger partial charge in [-0.3, -0.25) is 15.0 Å². The number of hydrogen-bond acceptors (Lipinski definition) is 5. The second-order valence-corrected chi connectivity index (χ2v) is 7.97. The SMILES string of the molecule is CCC(CCN(CC)CC(Cc1ccc([N+](=O)[O-])cc1)N(CC)CC)N(CC)CC. The van der Waals surface area contributed by atoms with Crippen molar-refractivity contribution in [1.29, 1.82) is 0 Å². The summed E-state index contributed by atoms with van der Waals surface area (Å²) in [4.78, 5) is 18.3. The first-order chi connectivity index (χ1) is 14.4. The highest BCUT2D eigenvalue weighted by atomic mass is 16.6. The van der Waals surface area contributed by atoms with Crippen LogP contribution < -0.4 is 0 Å². The van der Waals surface area contributed by atoms with Crippen molar-refractivity contribution >= 4 is 5.69 Å². The summed E-state index contributed by atoms with van der Waals surface area (Å²) >= 11 is 0. The summed E-state index contributed by atoms with van der Waals surface area (Å²) in [5.74, 6) is 0. The third kappa shape index (κ3) is 8.32. The van der Waals surface area contributed by atoms with Gasteiger partial charge in [-0.05, 0) is 64.1 Å². The highest BCUT2D eigenvalue weighted by Crippen LogP contribution is 2.17. The largest absolute Gasteiger partial charge is 0.302 e. The Balaban J connectivity index is 2.84. The number of nitrogens with zero attached hydrogens (tertiary/aromatic N) is 4. The van der Waals surface area contributed by atoms with E-state index in [1.807, 2.05) is 12.1 Å². The van der Waals surface area contributed by atoms with E-state index in [-0.39, 0.29) is 10.6 Å². The normalized spacial score (nSPS) is 13.9. The standard InChI is InChI=1S/C24H44N4O2/c1-7-22(26(9-3)10-4)17-18-25(8-2)20-24(27(11-5)12-6)19-21-13-15-23(16-14-21)28(29)30/h13-16,22,24H,7-12,17-20H2,1-6H3. The Hall–Kier alpha value is -1.50. The Morgan fingerprint density at radius 2 is 1.37 bits per heavy atom. The Morgan fingerprint density at radius 1 is 0.833 bits per heavy atom. The molecule has 0 heterocycles. The minimum atomic E-state index is -0.329. The molecule has 0 amide bonds. The van der Waals surface area contributed by atoms with E-state index in [0.29, 0.717) is 12.1 Å². The summed E-state index contributed by atoms with van der Waals surface area (Å²) in [5.41, 5.74) is 1.33. The van der Waals surface area contributed by atoms with Crippen molar-refractivity contribution in [3.63, 3.8) is 0 Å². The first-order valence-corrected chi connectivity index (χ1v) is 11.9. The second kappa shape index (κ2) is 14.5. The van der Waals surface area contributed by atoms with E-state index < -0.39 is 0 Å². The van der Waals surface area contributed by atoms with Gasteiger partial charge in [-0.15, -0.1) is 0 Å². The van der Waals surface area contributed by atoms with E-state index >= 15 is 0 Å². The van der Waals surface area contributed by atoms with Crippen molar-refractivity contribution in [2.24, 2.45) is 0 Å². The Labute approximate surface area is 184 Å². The van der Waals surface area contributed by atoms with Crippen LogP contribution in [-0.2, 0) is 6.42 Å². The number of likely N-dealkylation sites (N-methyl/N-ethyl adjacent to an activating group) is 2. The molecule has 2 unspecified atom stereocenters. The van der Waals surface area contributed by atoms with Gasteiger partial charge in [-0.1, -0.05) is 53.7 Å². The van der Waals surface area contributed by atoms with E-state index in [4.69, 9.17) is 0 Å². The zero-order valence-electron chi connectivity index (χ0n) is 20.1. The molecule has 0 aromatic heterocycles. The van der Waals surface area contributed by atoms with Crippen molar-refractivity contribution in [1.82, 2.24) is 14.7 Å². The summed E-state index contributed by atoms with van der Waals surface area (Å²) in [6.45, 7) is 21.0. The van der Waals surface area contributed by atoms with Crippen LogP contribution in [-0.4, -0.2) is 77.5 Å². The molecule has 0 saturated carbocycles. The third-order valence-corrected chi connectivity index (χ3v) is 6.44. The van der Waals surface area contributed by atoms with Crippen LogP contribution in [0.15, 0.2) is 24.3 Å². The maximum atomic E-state index is 10.9. The molecule has 0 saturated heterocycles. The van der Waals surface area contributed by atoms with Crippen LogP contribution >= 0.6 is 0 Å². The van der Waals surface area contributed by atoms with Crippen molar-refractivity contribution in [2.45, 2.75) is 72.9 Å². The van der Waals surface area contributed by atoms with Gasteiger partial charge in [0.05, 0.1) is 4.92 Å². The van der Waals surface area contributed by atoms with Crippen LogP contribution in [0.3, 0.4) is 0 Å². The van der Waals surface area contributed by atoms with Crippen molar-refractivity contribution < 1.29 is 4.92 Å². The van der Waals surface area contributed by atoms with Crippen LogP contribution in [0.5, 0.6) is 0 Å². The average Bonchev–Trinajstić information content (AvgIpc) is 2.76. The molecule has 0 spiro atoms. The fourth-order valence-corrected chi connectivity index (χ4v) is 4.47. The Kier molecular flexibility index (Phi) is 12.8. The Morgan fingerprint density at radius 3 is 1.80 bits per heavy atom. The molecule has 1 rings (SSSR count). The van der Waals surface area contributed by atoms with E-state index in [9.17, 15) is 10.1 Å². The number of nitro benzene ring substituents is 1. The summed E-state index contributed by atoms with van der Waals surface area (Å²) in [6, 6.07) is 8.15. The van der Waals surface area contributed by atoms with Crippen molar-refractivity contribution in [3.05, 3.63) is 39.9 Å². The quantitative estimate of drug-likeness (QED) is 0.287. The molecular weight excluding hydrogens is 376 g/mol. The van der Waals surface area contributed by atoms with Crippen LogP contribution in [0, 0.1) is 10.1 Å². The lowest BCUT2D eigenvalue weighted by atomic mass is 10.0. The van der Waals surface area contributed by atoms with Gasteiger partial charge in [0, 0.05) is 30.8 Å². The summed E-state index contributed by atoms with van der Waals surface area (Å²) in [5, 5.41) is 10.9. The zero-order valence-corrected chi connectivity index (χ0v) is 20.1. The number of hydrogen-bond donors (Lipinski definition) is 0. The molecule has 0 bridgehead atoms. The molecule has 0 aliphatic heterocycles. The fourth-order valence-electron chi connectivity index (χ4n) is 4.47. The topological polar surface area (TPSA) is 52.9 Å². The van der Waals surface area contributed by atoms with E-state index in [0.717, 1.165) is 52.2 Å². The van der Waals surface area contributed by atoms with Gasteiger partial charge in [-0.2, -0.15) is 0 Å². The maximum Gasteiger partial charge on any atom is 0.269 e. The molecule has 0 aliphatic rings. The Bertz CT molecular complexity index is 585. The van der Waals surface area contributed by atoms with Gasteiger partial charge in [0.15, 0.2) is 0 Å². The highest BCUT2D eigenvalue weighted by molar-refractivity contribution is 5.33. The fraction of sp³-hybridized carbons (Fsp3) is 0.750. The first-order valence-electron chi connectivity index (χ1n) is 11.9. The second-order valence-electron chi connectivity index (χ2n) is 7.97. The number of benzene rings is 1.